The average molecular weight is 277 g/mol. The summed E-state index contributed by atoms with van der Waals surface area (Å²) in [6.45, 7) is -1.01. The lowest BCUT2D eigenvalue weighted by atomic mass is 10.1. The minimum atomic E-state index is -2.82. The Kier molecular flexibility index (Phi) is 4.60. The van der Waals surface area contributed by atoms with Crippen molar-refractivity contribution in [2.75, 3.05) is 5.43 Å². The highest BCUT2D eigenvalue weighted by Crippen LogP contribution is 2.15. The molecule has 4 nitrogen and oxygen atoms in total. The smallest absolute Gasteiger partial charge is 0.387 e. The zero-order valence-electron chi connectivity index (χ0n) is 10.8. The third-order valence-corrected chi connectivity index (χ3v) is 2.50. The molecule has 2 aromatic rings. The van der Waals surface area contributed by atoms with Crippen LogP contribution in [0.2, 0.25) is 0 Å². The number of hydrogen-bond acceptors (Lipinski definition) is 4. The van der Waals surface area contributed by atoms with Crippen molar-refractivity contribution >= 4 is 11.5 Å². The molecule has 20 heavy (non-hydrogen) atoms. The first-order valence-corrected chi connectivity index (χ1v) is 5.92. The maximum atomic E-state index is 12.0. The van der Waals surface area contributed by atoms with Crippen molar-refractivity contribution in [2.24, 2.45) is 5.10 Å². The first-order valence-electron chi connectivity index (χ1n) is 5.92. The van der Waals surface area contributed by atoms with Crippen LogP contribution in [0, 0.1) is 0 Å². The summed E-state index contributed by atoms with van der Waals surface area (Å²) in [4.78, 5) is 4.07. The molecule has 0 aliphatic heterocycles. The third kappa shape index (κ3) is 4.01. The fourth-order valence-electron chi connectivity index (χ4n) is 1.51. The number of ether oxygens (including phenoxy) is 1. The second-order valence-electron chi connectivity index (χ2n) is 3.93. The highest BCUT2D eigenvalue weighted by molar-refractivity contribution is 5.99. The van der Waals surface area contributed by atoms with E-state index in [0.29, 0.717) is 11.5 Å². The number of anilines is 1. The van der Waals surface area contributed by atoms with Crippen LogP contribution in [0.1, 0.15) is 12.5 Å². The minimum absolute atomic E-state index is 0.120. The zero-order chi connectivity index (χ0) is 14.4. The molecule has 0 spiro atoms. The van der Waals surface area contributed by atoms with Crippen LogP contribution in [0.3, 0.4) is 0 Å². The monoisotopic (exact) mass is 277 g/mol. The standard InChI is InChI=1S/C14H13F2N3O/c1-10(18-19-13-4-2-3-9-17-13)11-5-7-12(8-6-11)20-14(15)16/h2-9,14H,1H3,(H,17,19). The molecule has 0 radical (unpaired) electrons. The quantitative estimate of drug-likeness (QED) is 0.672. The first kappa shape index (κ1) is 13.9. The summed E-state index contributed by atoms with van der Waals surface area (Å²) in [5.41, 5.74) is 4.32. The summed E-state index contributed by atoms with van der Waals surface area (Å²) in [5, 5.41) is 4.17. The number of nitrogens with one attached hydrogen (secondary N) is 1. The van der Waals surface area contributed by atoms with Crippen molar-refractivity contribution in [1.82, 2.24) is 4.98 Å². The number of alkyl halides is 2. The molecule has 1 aromatic heterocycles. The van der Waals surface area contributed by atoms with Gasteiger partial charge < -0.3 is 4.74 Å². The number of nitrogens with zero attached hydrogens (tertiary/aromatic N) is 2. The maximum Gasteiger partial charge on any atom is 0.387 e. The number of benzene rings is 1. The van der Waals surface area contributed by atoms with Crippen LogP contribution < -0.4 is 10.2 Å². The zero-order valence-corrected chi connectivity index (χ0v) is 10.8. The van der Waals surface area contributed by atoms with Gasteiger partial charge in [0.1, 0.15) is 11.6 Å². The molecule has 1 aromatic carbocycles. The van der Waals surface area contributed by atoms with Crippen molar-refractivity contribution in [2.45, 2.75) is 13.5 Å². The largest absolute Gasteiger partial charge is 0.435 e. The molecule has 1 heterocycles. The van der Waals surface area contributed by atoms with E-state index in [2.05, 4.69) is 20.2 Å². The van der Waals surface area contributed by atoms with Gasteiger partial charge in [0.15, 0.2) is 0 Å². The fourth-order valence-corrected chi connectivity index (χ4v) is 1.51. The molecule has 0 fully saturated rings. The van der Waals surface area contributed by atoms with Crippen molar-refractivity contribution in [3.8, 4) is 5.75 Å². The van der Waals surface area contributed by atoms with E-state index in [1.165, 1.54) is 12.1 Å². The Morgan fingerprint density at radius 1 is 1.20 bits per heavy atom. The molecule has 0 amide bonds. The summed E-state index contributed by atoms with van der Waals surface area (Å²) in [7, 11) is 0. The van der Waals surface area contributed by atoms with Crippen LogP contribution in [0.15, 0.2) is 53.8 Å². The van der Waals surface area contributed by atoms with Crippen molar-refractivity contribution < 1.29 is 13.5 Å². The molecule has 0 aliphatic carbocycles. The Morgan fingerprint density at radius 3 is 2.55 bits per heavy atom. The first-order chi connectivity index (χ1) is 9.65. The summed E-state index contributed by atoms with van der Waals surface area (Å²) < 4.78 is 28.3. The highest BCUT2D eigenvalue weighted by atomic mass is 19.3. The predicted molar refractivity (Wildman–Crippen MR) is 73.1 cm³/mol. The predicted octanol–water partition coefficient (Wildman–Crippen LogP) is 3.52. The Bertz CT molecular complexity index is 571. The number of pyridine rings is 1. The molecular weight excluding hydrogens is 264 g/mol. The molecular formula is C14H13F2N3O. The maximum absolute atomic E-state index is 12.0. The van der Waals surface area contributed by atoms with Gasteiger partial charge in [-0.15, -0.1) is 0 Å². The van der Waals surface area contributed by atoms with Gasteiger partial charge in [0.05, 0.1) is 5.71 Å². The lowest BCUT2D eigenvalue weighted by Gasteiger charge is -2.06. The second-order valence-corrected chi connectivity index (χ2v) is 3.93. The van der Waals surface area contributed by atoms with Crippen LogP contribution >= 0.6 is 0 Å². The number of aromatic nitrogens is 1. The van der Waals surface area contributed by atoms with E-state index in [9.17, 15) is 8.78 Å². The molecule has 0 saturated carbocycles. The number of halogens is 2. The Labute approximate surface area is 115 Å². The summed E-state index contributed by atoms with van der Waals surface area (Å²) in [6, 6.07) is 11.7. The van der Waals surface area contributed by atoms with Gasteiger partial charge >= 0.3 is 6.61 Å². The molecule has 1 N–H and O–H groups in total. The van der Waals surface area contributed by atoms with E-state index in [4.69, 9.17) is 0 Å². The number of hydrazone groups is 1. The molecule has 2 rings (SSSR count). The molecule has 6 heteroatoms. The molecule has 0 bridgehead atoms. The van der Waals surface area contributed by atoms with E-state index in [0.717, 1.165) is 5.56 Å². The number of hydrogen-bond donors (Lipinski definition) is 1. The van der Waals surface area contributed by atoms with Crippen molar-refractivity contribution in [3.05, 3.63) is 54.2 Å². The van der Waals surface area contributed by atoms with Gasteiger partial charge in [-0.2, -0.15) is 13.9 Å². The average Bonchev–Trinajstić information content (AvgIpc) is 2.46. The van der Waals surface area contributed by atoms with Gasteiger partial charge in [-0.25, -0.2) is 4.98 Å². The Morgan fingerprint density at radius 2 is 1.95 bits per heavy atom. The Balaban J connectivity index is 2.03. The lowest BCUT2D eigenvalue weighted by molar-refractivity contribution is -0.0498. The minimum Gasteiger partial charge on any atom is -0.435 e. The fraction of sp³-hybridized carbons (Fsp3) is 0.143. The third-order valence-electron chi connectivity index (χ3n) is 2.50. The van der Waals surface area contributed by atoms with E-state index in [1.807, 2.05) is 12.1 Å². The summed E-state index contributed by atoms with van der Waals surface area (Å²) in [5.74, 6) is 0.749. The normalized spacial score (nSPS) is 11.5. The molecule has 104 valence electrons. The van der Waals surface area contributed by atoms with E-state index in [-0.39, 0.29) is 5.75 Å². The SMILES string of the molecule is CC(=NNc1ccccn1)c1ccc(OC(F)F)cc1. The van der Waals surface area contributed by atoms with Gasteiger partial charge in [-0.3, -0.25) is 5.43 Å². The van der Waals surface area contributed by atoms with E-state index in [1.54, 1.807) is 31.3 Å². The van der Waals surface area contributed by atoms with Crippen LogP contribution in [0.4, 0.5) is 14.6 Å². The van der Waals surface area contributed by atoms with Crippen molar-refractivity contribution in [3.63, 3.8) is 0 Å². The van der Waals surface area contributed by atoms with Gasteiger partial charge in [-0.05, 0) is 48.9 Å². The lowest BCUT2D eigenvalue weighted by Crippen LogP contribution is -2.03. The summed E-state index contributed by atoms with van der Waals surface area (Å²) in [6.07, 6.45) is 1.66. The van der Waals surface area contributed by atoms with Crippen LogP contribution in [-0.4, -0.2) is 17.3 Å². The Hall–Kier alpha value is -2.50. The van der Waals surface area contributed by atoms with Crippen LogP contribution in [-0.2, 0) is 0 Å². The van der Waals surface area contributed by atoms with Gasteiger partial charge in [-0.1, -0.05) is 6.07 Å². The second kappa shape index (κ2) is 6.60. The molecule has 0 aliphatic rings. The topological polar surface area (TPSA) is 46.5 Å². The van der Waals surface area contributed by atoms with Gasteiger partial charge in [0, 0.05) is 6.20 Å². The molecule has 0 unspecified atom stereocenters. The van der Waals surface area contributed by atoms with Gasteiger partial charge in [0.2, 0.25) is 0 Å². The summed E-state index contributed by atoms with van der Waals surface area (Å²) >= 11 is 0. The number of rotatable bonds is 5. The molecule has 0 saturated heterocycles. The molecule has 0 atom stereocenters. The van der Waals surface area contributed by atoms with E-state index < -0.39 is 6.61 Å². The van der Waals surface area contributed by atoms with E-state index >= 15 is 0 Å². The van der Waals surface area contributed by atoms with Gasteiger partial charge in [0.25, 0.3) is 0 Å². The van der Waals surface area contributed by atoms with Crippen molar-refractivity contribution in [1.29, 1.82) is 0 Å². The van der Waals surface area contributed by atoms with Crippen LogP contribution in [0.25, 0.3) is 0 Å². The highest BCUT2D eigenvalue weighted by Gasteiger charge is 2.04. The van der Waals surface area contributed by atoms with Crippen LogP contribution in [0.5, 0.6) is 5.75 Å².